The number of hydrogen-bond donors (Lipinski definition) is 0. The zero-order valence-electron chi connectivity index (χ0n) is 9.15. The minimum atomic E-state index is 0. The third kappa shape index (κ3) is 5.44. The summed E-state index contributed by atoms with van der Waals surface area (Å²) < 4.78 is 0. The Hall–Kier alpha value is -0.710. The monoisotopic (exact) mass is 284 g/mol. The van der Waals surface area contributed by atoms with E-state index < -0.39 is 0 Å². The fourth-order valence-electron chi connectivity index (χ4n) is 1.17. The van der Waals surface area contributed by atoms with E-state index in [4.69, 9.17) is 0 Å². The van der Waals surface area contributed by atoms with Crippen molar-refractivity contribution in [2.24, 2.45) is 0 Å². The summed E-state index contributed by atoms with van der Waals surface area (Å²) in [6.45, 7) is 0. The lowest BCUT2D eigenvalue weighted by atomic mass is 10.4. The van der Waals surface area contributed by atoms with Crippen LogP contribution in [0, 0.1) is 0 Å². The van der Waals surface area contributed by atoms with Crippen LogP contribution in [0.4, 0.5) is 0 Å². The number of hydrogen-bond acceptors (Lipinski definition) is 4. The molecule has 0 spiro atoms. The second-order valence-electron chi connectivity index (χ2n) is 3.17. The molecule has 0 radical (unpaired) electrons. The van der Waals surface area contributed by atoms with Crippen molar-refractivity contribution in [1.29, 1.82) is 0 Å². The summed E-state index contributed by atoms with van der Waals surface area (Å²) in [4.78, 5) is 8.55. The number of nitrogens with zero attached hydrogens (tertiary/aromatic N) is 2. The van der Waals surface area contributed by atoms with E-state index in [1.165, 1.54) is 0 Å². The molecule has 90 valence electrons. The Morgan fingerprint density at radius 1 is 0.765 bits per heavy atom. The van der Waals surface area contributed by atoms with Gasteiger partial charge in [-0.2, -0.15) is 0 Å². The molecule has 2 aromatic heterocycles. The van der Waals surface area contributed by atoms with Gasteiger partial charge >= 0.3 is 0 Å². The SMILES string of the molecule is Cl.c1ccc(CSSCc2ccccn2)nc1. The van der Waals surface area contributed by atoms with Crippen LogP contribution in [0.15, 0.2) is 48.8 Å². The first kappa shape index (κ1) is 14.4. The van der Waals surface area contributed by atoms with Crippen molar-refractivity contribution in [1.82, 2.24) is 9.97 Å². The van der Waals surface area contributed by atoms with E-state index in [-0.39, 0.29) is 12.4 Å². The maximum absolute atomic E-state index is 4.27. The summed E-state index contributed by atoms with van der Waals surface area (Å²) in [5.74, 6) is 1.89. The molecule has 2 heterocycles. The molecule has 17 heavy (non-hydrogen) atoms. The van der Waals surface area contributed by atoms with Gasteiger partial charge in [0.2, 0.25) is 0 Å². The minimum absolute atomic E-state index is 0. The van der Waals surface area contributed by atoms with E-state index >= 15 is 0 Å². The first-order chi connectivity index (χ1) is 7.95. The van der Waals surface area contributed by atoms with Gasteiger partial charge in [0.15, 0.2) is 0 Å². The van der Waals surface area contributed by atoms with Crippen molar-refractivity contribution in [3.8, 4) is 0 Å². The molecule has 5 heteroatoms. The molecule has 0 saturated carbocycles. The Morgan fingerprint density at radius 2 is 1.24 bits per heavy atom. The molecule has 0 fully saturated rings. The zero-order chi connectivity index (χ0) is 11.1. The third-order valence-electron chi connectivity index (χ3n) is 1.95. The van der Waals surface area contributed by atoms with Crippen LogP contribution >= 0.6 is 34.0 Å². The standard InChI is InChI=1S/C12H12N2S2.ClH/c1-3-7-13-11(5-1)9-15-16-10-12-6-2-4-8-14-12;/h1-8H,9-10H2;1H. The van der Waals surface area contributed by atoms with E-state index in [2.05, 4.69) is 9.97 Å². The number of rotatable bonds is 5. The van der Waals surface area contributed by atoms with Gasteiger partial charge in [-0.3, -0.25) is 9.97 Å². The highest BCUT2D eigenvalue weighted by molar-refractivity contribution is 8.76. The molecule has 0 atom stereocenters. The maximum atomic E-state index is 4.27. The first-order valence-corrected chi connectivity index (χ1v) is 7.48. The Balaban J connectivity index is 0.00000144. The molecule has 0 aliphatic carbocycles. The topological polar surface area (TPSA) is 25.8 Å². The summed E-state index contributed by atoms with van der Waals surface area (Å²) in [5.41, 5.74) is 2.25. The molecular formula is C12H13ClN2S2. The quantitative estimate of drug-likeness (QED) is 0.613. The van der Waals surface area contributed by atoms with Crippen LogP contribution in [0.25, 0.3) is 0 Å². The summed E-state index contributed by atoms with van der Waals surface area (Å²) in [6.07, 6.45) is 3.67. The first-order valence-electron chi connectivity index (χ1n) is 4.99. The predicted molar refractivity (Wildman–Crippen MR) is 78.3 cm³/mol. The van der Waals surface area contributed by atoms with Gasteiger partial charge < -0.3 is 0 Å². The molecule has 0 bridgehead atoms. The highest BCUT2D eigenvalue weighted by Gasteiger charge is 1.96. The second kappa shape index (κ2) is 8.39. The normalized spacial score (nSPS) is 9.65. The molecule has 2 rings (SSSR count). The van der Waals surface area contributed by atoms with E-state index in [1.807, 2.05) is 70.4 Å². The van der Waals surface area contributed by atoms with E-state index in [0.717, 1.165) is 22.9 Å². The third-order valence-corrected chi connectivity index (χ3v) is 4.15. The highest BCUT2D eigenvalue weighted by Crippen LogP contribution is 2.27. The summed E-state index contributed by atoms with van der Waals surface area (Å²) in [7, 11) is 3.63. The summed E-state index contributed by atoms with van der Waals surface area (Å²) in [5, 5.41) is 0. The van der Waals surface area contributed by atoms with Gasteiger partial charge in [0.25, 0.3) is 0 Å². The Bertz CT molecular complexity index is 370. The van der Waals surface area contributed by atoms with Crippen molar-refractivity contribution >= 4 is 34.0 Å². The number of aromatic nitrogens is 2. The fraction of sp³-hybridized carbons (Fsp3) is 0.167. The molecular weight excluding hydrogens is 272 g/mol. The van der Waals surface area contributed by atoms with E-state index in [1.54, 1.807) is 0 Å². The molecule has 0 unspecified atom stereocenters. The zero-order valence-corrected chi connectivity index (χ0v) is 11.6. The van der Waals surface area contributed by atoms with Gasteiger partial charge in [-0.15, -0.1) is 12.4 Å². The van der Waals surface area contributed by atoms with Crippen LogP contribution in [0.3, 0.4) is 0 Å². The summed E-state index contributed by atoms with van der Waals surface area (Å²) in [6, 6.07) is 12.0. The lowest BCUT2D eigenvalue weighted by Gasteiger charge is -2.00. The second-order valence-corrected chi connectivity index (χ2v) is 5.63. The van der Waals surface area contributed by atoms with Crippen molar-refractivity contribution < 1.29 is 0 Å². The van der Waals surface area contributed by atoms with E-state index in [9.17, 15) is 0 Å². The molecule has 0 N–H and O–H groups in total. The molecule has 0 aromatic carbocycles. The van der Waals surface area contributed by atoms with Crippen LogP contribution < -0.4 is 0 Å². The highest BCUT2D eigenvalue weighted by atomic mass is 35.5. The van der Waals surface area contributed by atoms with Crippen molar-refractivity contribution in [2.75, 3.05) is 0 Å². The van der Waals surface area contributed by atoms with Crippen molar-refractivity contribution in [2.45, 2.75) is 11.5 Å². The predicted octanol–water partition coefficient (Wildman–Crippen LogP) is 3.98. The van der Waals surface area contributed by atoms with Gasteiger partial charge in [0, 0.05) is 23.9 Å². The lowest BCUT2D eigenvalue weighted by molar-refractivity contribution is 1.18. The van der Waals surface area contributed by atoms with Gasteiger partial charge in [-0.25, -0.2) is 0 Å². The Kier molecular flexibility index (Phi) is 7.08. The fourth-order valence-corrected chi connectivity index (χ4v) is 3.15. The molecule has 0 saturated heterocycles. The molecule has 0 amide bonds. The number of pyridine rings is 2. The van der Waals surface area contributed by atoms with Crippen LogP contribution in [0.5, 0.6) is 0 Å². The van der Waals surface area contributed by atoms with Crippen molar-refractivity contribution in [3.63, 3.8) is 0 Å². The van der Waals surface area contributed by atoms with Gasteiger partial charge in [0.05, 0.1) is 11.4 Å². The molecule has 2 aromatic rings. The average molecular weight is 285 g/mol. The molecule has 0 aliphatic heterocycles. The summed E-state index contributed by atoms with van der Waals surface area (Å²) >= 11 is 0. The van der Waals surface area contributed by atoms with Crippen LogP contribution in [-0.2, 0) is 11.5 Å². The smallest absolute Gasteiger partial charge is 0.0511 e. The van der Waals surface area contributed by atoms with Crippen molar-refractivity contribution in [3.05, 3.63) is 60.2 Å². The molecule has 0 aliphatic rings. The van der Waals surface area contributed by atoms with Gasteiger partial charge in [-0.05, 0) is 24.3 Å². The maximum Gasteiger partial charge on any atom is 0.0511 e. The largest absolute Gasteiger partial charge is 0.260 e. The van der Waals surface area contributed by atoms with Crippen LogP contribution in [0.2, 0.25) is 0 Å². The number of halogens is 1. The lowest BCUT2D eigenvalue weighted by Crippen LogP contribution is -1.84. The average Bonchev–Trinajstić information content (AvgIpc) is 2.37. The van der Waals surface area contributed by atoms with Crippen LogP contribution in [0.1, 0.15) is 11.4 Å². The van der Waals surface area contributed by atoms with E-state index in [0.29, 0.717) is 0 Å². The van der Waals surface area contributed by atoms with Gasteiger partial charge in [-0.1, -0.05) is 33.7 Å². The molecule has 2 nitrogen and oxygen atoms in total. The minimum Gasteiger partial charge on any atom is -0.260 e. The van der Waals surface area contributed by atoms with Crippen LogP contribution in [-0.4, -0.2) is 9.97 Å². The Morgan fingerprint density at radius 3 is 1.59 bits per heavy atom. The van der Waals surface area contributed by atoms with Gasteiger partial charge in [0.1, 0.15) is 0 Å². The Labute approximate surface area is 115 Å².